The van der Waals surface area contributed by atoms with E-state index in [1.165, 1.54) is 10.4 Å². The van der Waals surface area contributed by atoms with Gasteiger partial charge in [0.05, 0.1) is 16.0 Å². The molecule has 1 aromatic carbocycles. The molecule has 0 aromatic heterocycles. The number of carbonyl (C=O) groups excluding carboxylic acids is 1. The summed E-state index contributed by atoms with van der Waals surface area (Å²) in [4.78, 5) is 12.9. The standard InChI is InChI=1S/C13H17ClFN3O3S/c1-9(13(16)19)17-4-6-18(7-5-17)22(20,21)10-2-3-12(15)11(14)8-10/h2-3,8-9H,4-7H2,1H3,(H2,16,19)/t9-/m0/s1. The van der Waals surface area contributed by atoms with Gasteiger partial charge in [-0.2, -0.15) is 4.31 Å². The molecule has 2 N–H and O–H groups in total. The van der Waals surface area contributed by atoms with Gasteiger partial charge in [0.15, 0.2) is 0 Å². The number of nitrogens with zero attached hydrogens (tertiary/aromatic N) is 2. The molecular formula is C13H17ClFN3O3S. The third-order valence-electron chi connectivity index (χ3n) is 3.76. The zero-order valence-corrected chi connectivity index (χ0v) is 13.6. The van der Waals surface area contributed by atoms with Crippen LogP contribution in [0.3, 0.4) is 0 Å². The monoisotopic (exact) mass is 349 g/mol. The van der Waals surface area contributed by atoms with Crippen LogP contribution in [0.15, 0.2) is 23.1 Å². The molecule has 1 aromatic rings. The van der Waals surface area contributed by atoms with Gasteiger partial charge < -0.3 is 5.73 Å². The van der Waals surface area contributed by atoms with E-state index in [-0.39, 0.29) is 23.0 Å². The van der Waals surface area contributed by atoms with E-state index in [1.54, 1.807) is 6.92 Å². The summed E-state index contributed by atoms with van der Waals surface area (Å²) >= 11 is 5.64. The van der Waals surface area contributed by atoms with Gasteiger partial charge in [-0.25, -0.2) is 12.8 Å². The van der Waals surface area contributed by atoms with Gasteiger partial charge in [-0.3, -0.25) is 9.69 Å². The summed E-state index contributed by atoms with van der Waals surface area (Å²) in [6, 6.07) is 2.88. The highest BCUT2D eigenvalue weighted by molar-refractivity contribution is 7.89. The Kier molecular flexibility index (Phi) is 5.06. The van der Waals surface area contributed by atoms with Crippen LogP contribution in [0.25, 0.3) is 0 Å². The fraction of sp³-hybridized carbons (Fsp3) is 0.462. The van der Waals surface area contributed by atoms with Crippen LogP contribution in [-0.2, 0) is 14.8 Å². The van der Waals surface area contributed by atoms with E-state index in [1.807, 2.05) is 4.90 Å². The highest BCUT2D eigenvalue weighted by Crippen LogP contribution is 2.23. The number of halogens is 2. The van der Waals surface area contributed by atoms with E-state index in [4.69, 9.17) is 17.3 Å². The van der Waals surface area contributed by atoms with E-state index in [0.29, 0.717) is 13.1 Å². The maximum atomic E-state index is 13.2. The topological polar surface area (TPSA) is 83.7 Å². The fourth-order valence-corrected chi connectivity index (χ4v) is 3.99. The summed E-state index contributed by atoms with van der Waals surface area (Å²) in [5.74, 6) is -1.11. The minimum Gasteiger partial charge on any atom is -0.368 e. The maximum Gasteiger partial charge on any atom is 0.243 e. The lowest BCUT2D eigenvalue weighted by atomic mass is 10.2. The quantitative estimate of drug-likeness (QED) is 0.865. The van der Waals surface area contributed by atoms with E-state index < -0.39 is 27.8 Å². The van der Waals surface area contributed by atoms with Crippen molar-refractivity contribution in [3.63, 3.8) is 0 Å². The predicted molar refractivity (Wildman–Crippen MR) is 80.4 cm³/mol. The first-order valence-corrected chi connectivity index (χ1v) is 8.54. The molecule has 0 bridgehead atoms. The molecule has 9 heteroatoms. The molecule has 1 saturated heterocycles. The number of hydrogen-bond donors (Lipinski definition) is 1. The van der Waals surface area contributed by atoms with E-state index in [2.05, 4.69) is 0 Å². The molecule has 1 atom stereocenters. The zero-order chi connectivity index (χ0) is 16.5. The van der Waals surface area contributed by atoms with Gasteiger partial charge in [0.1, 0.15) is 5.82 Å². The van der Waals surface area contributed by atoms with Crippen LogP contribution in [0.5, 0.6) is 0 Å². The van der Waals surface area contributed by atoms with Gasteiger partial charge in [0, 0.05) is 26.2 Å². The predicted octanol–water partition coefficient (Wildman–Crippen LogP) is 0.659. The highest BCUT2D eigenvalue weighted by atomic mass is 35.5. The van der Waals surface area contributed by atoms with Gasteiger partial charge in [-0.05, 0) is 25.1 Å². The van der Waals surface area contributed by atoms with Crippen molar-refractivity contribution in [2.75, 3.05) is 26.2 Å². The highest BCUT2D eigenvalue weighted by Gasteiger charge is 2.31. The second-order valence-electron chi connectivity index (χ2n) is 5.09. The Hall–Kier alpha value is -1.22. The number of sulfonamides is 1. The average Bonchev–Trinajstić information content (AvgIpc) is 2.49. The van der Waals surface area contributed by atoms with Crippen LogP contribution >= 0.6 is 11.6 Å². The molecule has 122 valence electrons. The Morgan fingerprint density at radius 2 is 1.91 bits per heavy atom. The van der Waals surface area contributed by atoms with Crippen molar-refractivity contribution in [2.24, 2.45) is 5.73 Å². The lowest BCUT2D eigenvalue weighted by Crippen LogP contribution is -2.54. The van der Waals surface area contributed by atoms with Crippen LogP contribution < -0.4 is 5.73 Å². The summed E-state index contributed by atoms with van der Waals surface area (Å²) < 4.78 is 39.4. The fourth-order valence-electron chi connectivity index (χ4n) is 2.30. The van der Waals surface area contributed by atoms with Gasteiger partial charge in [0.25, 0.3) is 0 Å². The molecule has 0 aliphatic carbocycles. The molecule has 1 heterocycles. The van der Waals surface area contributed by atoms with Crippen molar-refractivity contribution in [1.82, 2.24) is 9.21 Å². The van der Waals surface area contributed by atoms with Crippen molar-refractivity contribution in [2.45, 2.75) is 17.9 Å². The normalized spacial score (nSPS) is 19.0. The van der Waals surface area contributed by atoms with Crippen molar-refractivity contribution in [1.29, 1.82) is 0 Å². The molecular weight excluding hydrogens is 333 g/mol. The second kappa shape index (κ2) is 6.49. The summed E-state index contributed by atoms with van der Waals surface area (Å²) in [6.45, 7) is 2.95. The molecule has 1 fully saturated rings. The maximum absolute atomic E-state index is 13.2. The first-order chi connectivity index (χ1) is 10.2. The third-order valence-corrected chi connectivity index (χ3v) is 5.95. The molecule has 6 nitrogen and oxygen atoms in total. The Labute approximate surface area is 133 Å². The molecule has 0 radical (unpaired) electrons. The van der Waals surface area contributed by atoms with Gasteiger partial charge in [-0.1, -0.05) is 11.6 Å². The largest absolute Gasteiger partial charge is 0.368 e. The summed E-state index contributed by atoms with van der Waals surface area (Å²) in [5.41, 5.74) is 5.25. The number of nitrogens with two attached hydrogens (primary N) is 1. The van der Waals surface area contributed by atoms with Gasteiger partial charge in [0.2, 0.25) is 15.9 Å². The number of carbonyl (C=O) groups is 1. The Morgan fingerprint density at radius 3 is 2.41 bits per heavy atom. The summed E-state index contributed by atoms with van der Waals surface area (Å²) in [6.07, 6.45) is 0. The molecule has 0 unspecified atom stereocenters. The van der Waals surface area contributed by atoms with Crippen molar-refractivity contribution in [3.05, 3.63) is 29.0 Å². The number of piperazine rings is 1. The third kappa shape index (κ3) is 3.40. The number of amides is 1. The lowest BCUT2D eigenvalue weighted by Gasteiger charge is -2.36. The smallest absolute Gasteiger partial charge is 0.243 e. The van der Waals surface area contributed by atoms with Crippen LogP contribution in [0.4, 0.5) is 4.39 Å². The SMILES string of the molecule is C[C@@H](C(N)=O)N1CCN(S(=O)(=O)c2ccc(F)c(Cl)c2)CC1. The Bertz CT molecular complexity index is 675. The Morgan fingerprint density at radius 1 is 1.32 bits per heavy atom. The van der Waals surface area contributed by atoms with E-state index >= 15 is 0 Å². The number of hydrogen-bond acceptors (Lipinski definition) is 4. The minimum atomic E-state index is -3.73. The van der Waals surface area contributed by atoms with E-state index in [0.717, 1.165) is 12.1 Å². The Balaban J connectivity index is 2.12. The van der Waals surface area contributed by atoms with Crippen molar-refractivity contribution < 1.29 is 17.6 Å². The zero-order valence-electron chi connectivity index (χ0n) is 12.0. The summed E-state index contributed by atoms with van der Waals surface area (Å²) in [7, 11) is -3.73. The lowest BCUT2D eigenvalue weighted by molar-refractivity contribution is -0.123. The first-order valence-electron chi connectivity index (χ1n) is 6.72. The first kappa shape index (κ1) is 17.1. The second-order valence-corrected chi connectivity index (χ2v) is 7.44. The van der Waals surface area contributed by atoms with Crippen molar-refractivity contribution >= 4 is 27.5 Å². The molecule has 0 spiro atoms. The molecule has 2 rings (SSSR count). The molecule has 0 saturated carbocycles. The van der Waals surface area contributed by atoms with Crippen LogP contribution in [-0.4, -0.2) is 55.8 Å². The van der Waals surface area contributed by atoms with Crippen LogP contribution in [0.2, 0.25) is 5.02 Å². The van der Waals surface area contributed by atoms with Crippen LogP contribution in [0, 0.1) is 5.82 Å². The number of primary amides is 1. The molecule has 1 aliphatic rings. The van der Waals surface area contributed by atoms with Crippen LogP contribution in [0.1, 0.15) is 6.92 Å². The minimum absolute atomic E-state index is 0.0460. The van der Waals surface area contributed by atoms with E-state index in [9.17, 15) is 17.6 Å². The molecule has 1 aliphatic heterocycles. The molecule has 22 heavy (non-hydrogen) atoms. The average molecular weight is 350 g/mol. The number of rotatable bonds is 4. The molecule has 1 amide bonds. The van der Waals surface area contributed by atoms with Crippen molar-refractivity contribution in [3.8, 4) is 0 Å². The summed E-state index contributed by atoms with van der Waals surface area (Å²) in [5, 5.41) is -0.234. The van der Waals surface area contributed by atoms with Gasteiger partial charge >= 0.3 is 0 Å². The van der Waals surface area contributed by atoms with Gasteiger partial charge in [-0.15, -0.1) is 0 Å². The number of benzene rings is 1.